The molecule has 1 aromatic carbocycles. The SMILES string of the molecule is CC(C)(C)OC(=O)NCC(=O)Nc1ccc(CCn2c3c(c(=O)[nH]c2=O)CSCC3)cc1. The zero-order chi connectivity index (χ0) is 23.3. The number of carbonyl (C=O) groups excluding carboxylic acids is 2. The molecule has 2 heterocycles. The summed E-state index contributed by atoms with van der Waals surface area (Å²) in [5.41, 5.74) is 1.83. The lowest BCUT2D eigenvalue weighted by atomic mass is 10.1. The highest BCUT2D eigenvalue weighted by atomic mass is 32.2. The van der Waals surface area contributed by atoms with E-state index in [1.807, 2.05) is 12.1 Å². The molecule has 3 rings (SSSR count). The Bertz CT molecular complexity index is 1100. The van der Waals surface area contributed by atoms with Crippen molar-refractivity contribution >= 4 is 29.4 Å². The number of aromatic nitrogens is 2. The number of carbonyl (C=O) groups is 2. The summed E-state index contributed by atoms with van der Waals surface area (Å²) in [5, 5.41) is 5.12. The van der Waals surface area contributed by atoms with Crippen LogP contribution in [0.3, 0.4) is 0 Å². The second kappa shape index (κ2) is 10.1. The maximum Gasteiger partial charge on any atom is 0.408 e. The first-order valence-corrected chi connectivity index (χ1v) is 11.6. The van der Waals surface area contributed by atoms with E-state index in [1.54, 1.807) is 49.2 Å². The summed E-state index contributed by atoms with van der Waals surface area (Å²) in [5.74, 6) is 1.16. The maximum atomic E-state index is 12.3. The standard InChI is InChI=1S/C22H28N4O5S/c1-22(2,3)31-21(30)23-12-18(27)24-15-6-4-14(5-7-15)8-10-26-17-9-11-32-13-16(17)19(28)25-20(26)29/h4-7H,8-13H2,1-3H3,(H,23,30)(H,24,27)(H,25,28,29). The average molecular weight is 461 g/mol. The van der Waals surface area contributed by atoms with Crippen molar-refractivity contribution in [3.63, 3.8) is 0 Å². The zero-order valence-corrected chi connectivity index (χ0v) is 19.3. The van der Waals surface area contributed by atoms with Gasteiger partial charge >= 0.3 is 11.8 Å². The molecule has 2 aromatic rings. The number of alkyl carbamates (subject to hydrolysis) is 1. The van der Waals surface area contributed by atoms with E-state index in [2.05, 4.69) is 15.6 Å². The maximum absolute atomic E-state index is 12.3. The van der Waals surface area contributed by atoms with E-state index in [0.717, 1.165) is 17.0 Å². The lowest BCUT2D eigenvalue weighted by molar-refractivity contribution is -0.115. The van der Waals surface area contributed by atoms with Crippen LogP contribution >= 0.6 is 11.8 Å². The van der Waals surface area contributed by atoms with Crippen LogP contribution < -0.4 is 21.9 Å². The van der Waals surface area contributed by atoms with Crippen molar-refractivity contribution in [1.82, 2.24) is 14.9 Å². The Balaban J connectivity index is 1.55. The molecule has 0 saturated carbocycles. The van der Waals surface area contributed by atoms with Gasteiger partial charge in [-0.15, -0.1) is 0 Å². The fourth-order valence-electron chi connectivity index (χ4n) is 3.34. The minimum atomic E-state index is -0.652. The van der Waals surface area contributed by atoms with E-state index in [-0.39, 0.29) is 23.7 Å². The molecule has 172 valence electrons. The van der Waals surface area contributed by atoms with E-state index in [9.17, 15) is 19.2 Å². The Hall–Kier alpha value is -3.01. The number of H-pyrrole nitrogens is 1. The molecule has 0 unspecified atom stereocenters. The van der Waals surface area contributed by atoms with Gasteiger partial charge in [-0.2, -0.15) is 11.8 Å². The van der Waals surface area contributed by atoms with Crippen LogP contribution in [0.5, 0.6) is 0 Å². The molecule has 9 nitrogen and oxygen atoms in total. The highest BCUT2D eigenvalue weighted by molar-refractivity contribution is 7.98. The third-order valence-corrected chi connectivity index (χ3v) is 5.78. The van der Waals surface area contributed by atoms with Crippen molar-refractivity contribution < 1.29 is 14.3 Å². The summed E-state index contributed by atoms with van der Waals surface area (Å²) >= 11 is 1.69. The molecule has 0 fully saturated rings. The molecular weight excluding hydrogens is 432 g/mol. The lowest BCUT2D eigenvalue weighted by Crippen LogP contribution is -2.37. The largest absolute Gasteiger partial charge is 0.444 e. The van der Waals surface area contributed by atoms with Gasteiger partial charge in [0.1, 0.15) is 12.1 Å². The third kappa shape index (κ3) is 6.49. The fraction of sp³-hybridized carbons (Fsp3) is 0.455. The molecule has 0 saturated heterocycles. The fourth-order valence-corrected chi connectivity index (χ4v) is 4.32. The second-order valence-electron chi connectivity index (χ2n) is 8.49. The van der Waals surface area contributed by atoms with Gasteiger partial charge in [-0.1, -0.05) is 12.1 Å². The van der Waals surface area contributed by atoms with Gasteiger partial charge in [-0.05, 0) is 57.1 Å². The Kier molecular flexibility index (Phi) is 7.44. The second-order valence-corrected chi connectivity index (χ2v) is 9.59. The van der Waals surface area contributed by atoms with E-state index in [1.165, 1.54) is 0 Å². The van der Waals surface area contributed by atoms with Crippen LogP contribution in [-0.2, 0) is 34.7 Å². The quantitative estimate of drug-likeness (QED) is 0.606. The number of hydrogen-bond donors (Lipinski definition) is 3. The molecule has 3 N–H and O–H groups in total. The lowest BCUT2D eigenvalue weighted by Gasteiger charge is -2.19. The number of nitrogens with one attached hydrogen (secondary N) is 3. The van der Waals surface area contributed by atoms with Gasteiger partial charge in [0, 0.05) is 29.2 Å². The zero-order valence-electron chi connectivity index (χ0n) is 18.4. The number of rotatable bonds is 6. The molecule has 0 bridgehead atoms. The number of benzene rings is 1. The molecule has 0 radical (unpaired) electrons. The number of amides is 2. The summed E-state index contributed by atoms with van der Waals surface area (Å²) in [4.78, 5) is 50.4. The number of anilines is 1. The van der Waals surface area contributed by atoms with Gasteiger partial charge in [-0.25, -0.2) is 9.59 Å². The highest BCUT2D eigenvalue weighted by Gasteiger charge is 2.19. The van der Waals surface area contributed by atoms with Crippen LogP contribution in [0.2, 0.25) is 0 Å². The van der Waals surface area contributed by atoms with Gasteiger partial charge in [0.2, 0.25) is 5.91 Å². The van der Waals surface area contributed by atoms with Gasteiger partial charge in [0.05, 0.1) is 0 Å². The first-order valence-electron chi connectivity index (χ1n) is 10.4. The van der Waals surface area contributed by atoms with E-state index >= 15 is 0 Å². The summed E-state index contributed by atoms with van der Waals surface area (Å²) < 4.78 is 6.75. The van der Waals surface area contributed by atoms with Crippen LogP contribution in [0.1, 0.15) is 37.6 Å². The first kappa shape index (κ1) is 23.6. The van der Waals surface area contributed by atoms with Crippen LogP contribution in [0.25, 0.3) is 0 Å². The predicted octanol–water partition coefficient (Wildman–Crippen LogP) is 2.03. The van der Waals surface area contributed by atoms with Crippen molar-refractivity contribution in [2.24, 2.45) is 0 Å². The normalized spacial score (nSPS) is 13.2. The van der Waals surface area contributed by atoms with Gasteiger partial charge in [0.15, 0.2) is 0 Å². The Labute approximate surface area is 189 Å². The number of aromatic amines is 1. The van der Waals surface area contributed by atoms with Crippen molar-refractivity contribution in [1.29, 1.82) is 0 Å². The first-order chi connectivity index (χ1) is 15.1. The Morgan fingerprint density at radius 1 is 1.19 bits per heavy atom. The van der Waals surface area contributed by atoms with Crippen LogP contribution in [0.4, 0.5) is 10.5 Å². The summed E-state index contributed by atoms with van der Waals surface area (Å²) in [7, 11) is 0. The molecule has 0 spiro atoms. The molecule has 2 amide bonds. The minimum Gasteiger partial charge on any atom is -0.444 e. The minimum absolute atomic E-state index is 0.199. The van der Waals surface area contributed by atoms with E-state index < -0.39 is 11.7 Å². The van der Waals surface area contributed by atoms with Crippen molar-refractivity contribution in [2.75, 3.05) is 17.6 Å². The predicted molar refractivity (Wildman–Crippen MR) is 124 cm³/mol. The summed E-state index contributed by atoms with van der Waals surface area (Å²) in [6, 6.07) is 7.27. The molecule has 1 aliphatic heterocycles. The van der Waals surface area contributed by atoms with Crippen LogP contribution in [0.15, 0.2) is 33.9 Å². The molecule has 32 heavy (non-hydrogen) atoms. The van der Waals surface area contributed by atoms with E-state index in [4.69, 9.17) is 4.74 Å². The number of nitrogens with zero attached hydrogens (tertiary/aromatic N) is 1. The average Bonchev–Trinajstić information content (AvgIpc) is 2.72. The number of thioether (sulfide) groups is 1. The molecule has 1 aliphatic rings. The van der Waals surface area contributed by atoms with Crippen molar-refractivity contribution in [3.8, 4) is 0 Å². The molecule has 0 atom stereocenters. The smallest absolute Gasteiger partial charge is 0.408 e. The third-order valence-electron chi connectivity index (χ3n) is 4.80. The topological polar surface area (TPSA) is 122 Å². The summed E-state index contributed by atoms with van der Waals surface area (Å²) in [6.07, 6.45) is 0.669. The molecular formula is C22H28N4O5S. The van der Waals surface area contributed by atoms with Gasteiger partial charge in [0.25, 0.3) is 5.56 Å². The number of aryl methyl sites for hydroxylation is 1. The molecule has 10 heteroatoms. The number of hydrogen-bond acceptors (Lipinski definition) is 6. The van der Waals surface area contributed by atoms with Crippen molar-refractivity contribution in [2.45, 2.75) is 51.5 Å². The van der Waals surface area contributed by atoms with Crippen LogP contribution in [0, 0.1) is 0 Å². The molecule has 0 aliphatic carbocycles. The number of ether oxygens (including phenoxy) is 1. The highest BCUT2D eigenvalue weighted by Crippen LogP contribution is 2.21. The van der Waals surface area contributed by atoms with E-state index in [0.29, 0.717) is 36.4 Å². The Morgan fingerprint density at radius 2 is 1.91 bits per heavy atom. The molecule has 1 aromatic heterocycles. The monoisotopic (exact) mass is 460 g/mol. The summed E-state index contributed by atoms with van der Waals surface area (Å²) in [6.45, 7) is 5.50. The van der Waals surface area contributed by atoms with Gasteiger partial charge in [-0.3, -0.25) is 19.1 Å². The van der Waals surface area contributed by atoms with Gasteiger partial charge < -0.3 is 15.4 Å². The number of fused-ring (bicyclic) bond motifs is 1. The Morgan fingerprint density at radius 3 is 2.59 bits per heavy atom. The van der Waals surface area contributed by atoms with Crippen LogP contribution in [-0.4, -0.2) is 39.5 Å². The van der Waals surface area contributed by atoms with Crippen molar-refractivity contribution in [3.05, 3.63) is 61.9 Å².